The van der Waals surface area contributed by atoms with Gasteiger partial charge in [-0.2, -0.15) is 9.64 Å². The van der Waals surface area contributed by atoms with E-state index in [2.05, 4.69) is 34.2 Å². The van der Waals surface area contributed by atoms with Crippen LogP contribution in [0.5, 0.6) is 0 Å². The van der Waals surface area contributed by atoms with Crippen molar-refractivity contribution in [2.24, 2.45) is 0 Å². The quantitative estimate of drug-likeness (QED) is 0.780. The summed E-state index contributed by atoms with van der Waals surface area (Å²) in [4.78, 5) is 4.52. The van der Waals surface area contributed by atoms with E-state index in [1.165, 1.54) is 11.5 Å². The van der Waals surface area contributed by atoms with Crippen LogP contribution in [0.25, 0.3) is 0 Å². The van der Waals surface area contributed by atoms with Crippen molar-refractivity contribution in [2.75, 3.05) is 37.3 Å². The van der Waals surface area contributed by atoms with Crippen molar-refractivity contribution in [1.82, 2.24) is 9.27 Å². The number of nitrogens with zero attached hydrogens (tertiary/aromatic N) is 4. The molecule has 0 radical (unpaired) electrons. The van der Waals surface area contributed by atoms with Gasteiger partial charge in [0.25, 0.3) is 0 Å². The summed E-state index contributed by atoms with van der Waals surface area (Å²) < 4.78 is 4.05. The molecule has 0 amide bonds. The van der Waals surface area contributed by atoms with Crippen LogP contribution < -0.4 is 10.6 Å². The Bertz CT molecular complexity index is 421. The molecule has 1 aromatic heterocycles. The van der Waals surface area contributed by atoms with Crippen molar-refractivity contribution < 1.29 is 0 Å². The van der Waals surface area contributed by atoms with Crippen LogP contribution in [0.15, 0.2) is 0 Å². The molecule has 2 rings (SSSR count). The zero-order valence-corrected chi connectivity index (χ0v) is 10.3. The van der Waals surface area contributed by atoms with Crippen molar-refractivity contribution in [3.63, 3.8) is 0 Å². The van der Waals surface area contributed by atoms with Gasteiger partial charge in [-0.15, -0.1) is 0 Å². The standard InChI is InChI=1S/C10H15N5S/c1-7-6-15(4-3-14(7)2)10-8(5-11)9(12)13-16-10/h7H,3-4,6H2,1-2H3,(H2,12,13). The second-order valence-electron chi connectivity index (χ2n) is 4.14. The SMILES string of the molecule is CC1CN(c2snc(N)c2C#N)CCN1C. The van der Waals surface area contributed by atoms with Crippen LogP contribution in [-0.2, 0) is 0 Å². The van der Waals surface area contributed by atoms with Crippen LogP contribution in [0, 0.1) is 11.3 Å². The highest BCUT2D eigenvalue weighted by atomic mass is 32.1. The third-order valence-electron chi connectivity index (χ3n) is 3.06. The minimum Gasteiger partial charge on any atom is -0.382 e. The molecule has 2 N–H and O–H groups in total. The molecular formula is C10H15N5S. The number of likely N-dealkylation sites (N-methyl/N-ethyl adjacent to an activating group) is 1. The Morgan fingerprint density at radius 1 is 1.56 bits per heavy atom. The molecule has 16 heavy (non-hydrogen) atoms. The molecule has 1 unspecified atom stereocenters. The van der Waals surface area contributed by atoms with E-state index in [9.17, 15) is 0 Å². The number of hydrogen-bond donors (Lipinski definition) is 1. The first-order valence-corrected chi connectivity index (χ1v) is 6.01. The summed E-state index contributed by atoms with van der Waals surface area (Å²) in [5, 5.41) is 9.95. The third-order valence-corrected chi connectivity index (χ3v) is 3.98. The largest absolute Gasteiger partial charge is 0.382 e. The maximum atomic E-state index is 9.04. The summed E-state index contributed by atoms with van der Waals surface area (Å²) in [7, 11) is 2.12. The van der Waals surface area contributed by atoms with Gasteiger partial charge in [-0.05, 0) is 25.5 Å². The van der Waals surface area contributed by atoms with E-state index in [4.69, 9.17) is 11.0 Å². The Morgan fingerprint density at radius 3 is 2.94 bits per heavy atom. The Labute approximate surface area is 99.2 Å². The topological polar surface area (TPSA) is 69.2 Å². The molecule has 0 saturated carbocycles. The van der Waals surface area contributed by atoms with E-state index >= 15 is 0 Å². The molecule has 6 heteroatoms. The van der Waals surface area contributed by atoms with Crippen molar-refractivity contribution in [3.05, 3.63) is 5.56 Å². The van der Waals surface area contributed by atoms with Gasteiger partial charge in [0, 0.05) is 25.7 Å². The number of nitriles is 1. The Morgan fingerprint density at radius 2 is 2.31 bits per heavy atom. The molecule has 5 nitrogen and oxygen atoms in total. The van der Waals surface area contributed by atoms with E-state index in [0.29, 0.717) is 17.4 Å². The van der Waals surface area contributed by atoms with Crippen LogP contribution in [0.1, 0.15) is 12.5 Å². The number of piperazine rings is 1. The number of nitrogens with two attached hydrogens (primary N) is 1. The van der Waals surface area contributed by atoms with E-state index in [1.807, 2.05) is 0 Å². The molecule has 1 saturated heterocycles. The predicted molar refractivity (Wildman–Crippen MR) is 65.5 cm³/mol. The molecule has 1 atom stereocenters. The van der Waals surface area contributed by atoms with E-state index in [1.54, 1.807) is 0 Å². The molecule has 2 heterocycles. The van der Waals surface area contributed by atoms with Gasteiger partial charge in [-0.1, -0.05) is 0 Å². The number of anilines is 2. The summed E-state index contributed by atoms with van der Waals surface area (Å²) in [5.74, 6) is 0.356. The van der Waals surface area contributed by atoms with Crippen LogP contribution in [0.3, 0.4) is 0 Å². The lowest BCUT2D eigenvalue weighted by Gasteiger charge is -2.38. The number of hydrogen-bond acceptors (Lipinski definition) is 6. The van der Waals surface area contributed by atoms with Crippen molar-refractivity contribution in [1.29, 1.82) is 5.26 Å². The molecule has 1 aliphatic heterocycles. The van der Waals surface area contributed by atoms with Gasteiger partial charge in [-0.25, -0.2) is 0 Å². The average molecular weight is 237 g/mol. The first-order valence-electron chi connectivity index (χ1n) is 5.24. The summed E-state index contributed by atoms with van der Waals surface area (Å²) in [5.41, 5.74) is 6.19. The summed E-state index contributed by atoms with van der Waals surface area (Å²) in [6, 6.07) is 2.62. The Hall–Kier alpha value is -1.32. The fourth-order valence-corrected chi connectivity index (χ4v) is 2.65. The van der Waals surface area contributed by atoms with Crippen LogP contribution in [0.2, 0.25) is 0 Å². The first-order chi connectivity index (χ1) is 7.63. The molecule has 0 bridgehead atoms. The van der Waals surface area contributed by atoms with Gasteiger partial charge >= 0.3 is 0 Å². The summed E-state index contributed by atoms with van der Waals surface area (Å²) in [6.45, 7) is 5.04. The van der Waals surface area contributed by atoms with Crippen LogP contribution in [0.4, 0.5) is 10.8 Å². The maximum absolute atomic E-state index is 9.04. The van der Waals surface area contributed by atoms with Crippen molar-refractivity contribution in [2.45, 2.75) is 13.0 Å². The highest BCUT2D eigenvalue weighted by Crippen LogP contribution is 2.30. The lowest BCUT2D eigenvalue weighted by Crippen LogP contribution is -2.50. The Balaban J connectivity index is 2.22. The van der Waals surface area contributed by atoms with Gasteiger partial charge in [0.15, 0.2) is 5.82 Å². The van der Waals surface area contributed by atoms with Crippen LogP contribution >= 0.6 is 11.5 Å². The van der Waals surface area contributed by atoms with Gasteiger partial charge < -0.3 is 15.5 Å². The third kappa shape index (κ3) is 1.84. The minimum atomic E-state index is 0.356. The highest BCUT2D eigenvalue weighted by Gasteiger charge is 2.25. The van der Waals surface area contributed by atoms with Gasteiger partial charge in [-0.3, -0.25) is 0 Å². The molecule has 0 aliphatic carbocycles. The van der Waals surface area contributed by atoms with Gasteiger partial charge in [0.2, 0.25) is 0 Å². The number of aromatic nitrogens is 1. The summed E-state index contributed by atoms with van der Waals surface area (Å²) >= 11 is 1.32. The molecule has 86 valence electrons. The smallest absolute Gasteiger partial charge is 0.157 e. The fraction of sp³-hybridized carbons (Fsp3) is 0.600. The number of rotatable bonds is 1. The van der Waals surface area contributed by atoms with Gasteiger partial charge in [0.1, 0.15) is 16.6 Å². The van der Waals surface area contributed by atoms with Crippen molar-refractivity contribution in [3.8, 4) is 6.07 Å². The lowest BCUT2D eigenvalue weighted by atomic mass is 10.2. The second kappa shape index (κ2) is 4.28. The maximum Gasteiger partial charge on any atom is 0.157 e. The highest BCUT2D eigenvalue weighted by molar-refractivity contribution is 7.10. The Kier molecular flexibility index (Phi) is 2.99. The molecule has 1 aliphatic rings. The normalized spacial score (nSPS) is 22.1. The lowest BCUT2D eigenvalue weighted by molar-refractivity contribution is 0.234. The van der Waals surface area contributed by atoms with Gasteiger partial charge in [0.05, 0.1) is 0 Å². The molecule has 0 spiro atoms. The molecular weight excluding hydrogens is 222 g/mol. The minimum absolute atomic E-state index is 0.356. The first kappa shape index (κ1) is 11.2. The zero-order valence-electron chi connectivity index (χ0n) is 9.47. The second-order valence-corrected chi connectivity index (χ2v) is 4.89. The van der Waals surface area contributed by atoms with E-state index in [0.717, 1.165) is 24.6 Å². The molecule has 0 aromatic carbocycles. The van der Waals surface area contributed by atoms with E-state index < -0.39 is 0 Å². The average Bonchev–Trinajstić information content (AvgIpc) is 2.63. The molecule has 1 aromatic rings. The summed E-state index contributed by atoms with van der Waals surface area (Å²) in [6.07, 6.45) is 0. The van der Waals surface area contributed by atoms with Crippen LogP contribution in [-0.4, -0.2) is 42.0 Å². The predicted octanol–water partition coefficient (Wildman–Crippen LogP) is 0.737. The van der Waals surface area contributed by atoms with E-state index in [-0.39, 0.29) is 0 Å². The molecule has 1 fully saturated rings. The van der Waals surface area contributed by atoms with Crippen molar-refractivity contribution >= 4 is 22.4 Å². The monoisotopic (exact) mass is 237 g/mol. The number of nitrogen functional groups attached to an aromatic ring is 1. The zero-order chi connectivity index (χ0) is 11.7. The fourth-order valence-electron chi connectivity index (χ4n) is 1.85.